The van der Waals surface area contributed by atoms with Crippen molar-refractivity contribution in [2.24, 2.45) is 0 Å². The number of hydrogen-bond acceptors (Lipinski definition) is 3. The van der Waals surface area contributed by atoms with Crippen LogP contribution in [0, 0.1) is 6.92 Å². The van der Waals surface area contributed by atoms with Crippen molar-refractivity contribution in [2.75, 3.05) is 6.61 Å². The van der Waals surface area contributed by atoms with Gasteiger partial charge in [-0.2, -0.15) is 0 Å². The average molecular weight is 269 g/mol. The van der Waals surface area contributed by atoms with Crippen molar-refractivity contribution in [3.8, 4) is 17.0 Å². The molecule has 2 nitrogen and oxygen atoms in total. The Hall–Kier alpha value is -1.87. The van der Waals surface area contributed by atoms with E-state index in [0.29, 0.717) is 6.61 Å². The zero-order valence-corrected chi connectivity index (χ0v) is 11.8. The molecule has 1 heterocycles. The van der Waals surface area contributed by atoms with E-state index in [1.165, 1.54) is 16.3 Å². The Balaban J connectivity index is 2.04. The number of aromatic nitrogens is 1. The van der Waals surface area contributed by atoms with Gasteiger partial charge in [-0.1, -0.05) is 18.2 Å². The van der Waals surface area contributed by atoms with Gasteiger partial charge in [0.05, 0.1) is 17.3 Å². The van der Waals surface area contributed by atoms with Gasteiger partial charge in [0, 0.05) is 10.9 Å². The van der Waals surface area contributed by atoms with E-state index in [9.17, 15) is 0 Å². The fourth-order valence-electron chi connectivity index (χ4n) is 2.14. The Kier molecular flexibility index (Phi) is 3.22. The van der Waals surface area contributed by atoms with Crippen LogP contribution in [-0.2, 0) is 0 Å². The van der Waals surface area contributed by atoms with Crippen molar-refractivity contribution < 1.29 is 4.74 Å². The van der Waals surface area contributed by atoms with Crippen LogP contribution in [0.4, 0.5) is 0 Å². The lowest BCUT2D eigenvalue weighted by molar-refractivity contribution is 0.341. The van der Waals surface area contributed by atoms with E-state index in [0.717, 1.165) is 16.5 Å². The molecule has 0 bridgehead atoms. The molecule has 0 saturated heterocycles. The summed E-state index contributed by atoms with van der Waals surface area (Å²) in [7, 11) is 0. The van der Waals surface area contributed by atoms with Crippen LogP contribution in [0.15, 0.2) is 41.8 Å². The van der Waals surface area contributed by atoms with Crippen molar-refractivity contribution in [3.63, 3.8) is 0 Å². The van der Waals surface area contributed by atoms with Crippen LogP contribution >= 0.6 is 11.3 Å². The van der Waals surface area contributed by atoms with Gasteiger partial charge >= 0.3 is 0 Å². The van der Waals surface area contributed by atoms with E-state index in [1.807, 2.05) is 19.9 Å². The van der Waals surface area contributed by atoms with Crippen molar-refractivity contribution >= 4 is 22.1 Å². The smallest absolute Gasteiger partial charge is 0.119 e. The Labute approximate surface area is 116 Å². The minimum absolute atomic E-state index is 0.696. The summed E-state index contributed by atoms with van der Waals surface area (Å²) >= 11 is 1.68. The highest BCUT2D eigenvalue weighted by Gasteiger charge is 2.04. The van der Waals surface area contributed by atoms with E-state index in [1.54, 1.807) is 11.3 Å². The lowest BCUT2D eigenvalue weighted by Gasteiger charge is -2.05. The fraction of sp³-hybridized carbons (Fsp3) is 0.188. The van der Waals surface area contributed by atoms with Crippen molar-refractivity contribution in [1.82, 2.24) is 4.98 Å². The quantitative estimate of drug-likeness (QED) is 0.689. The number of thiazole rings is 1. The molecule has 0 N–H and O–H groups in total. The molecule has 0 unspecified atom stereocenters. The number of ether oxygens (including phenoxy) is 1. The van der Waals surface area contributed by atoms with Gasteiger partial charge < -0.3 is 4.74 Å². The second-order valence-electron chi connectivity index (χ2n) is 4.41. The van der Waals surface area contributed by atoms with E-state index in [-0.39, 0.29) is 0 Å². The SMILES string of the molecule is CCOc1ccc2cc(-c3csc(C)n3)ccc2c1. The van der Waals surface area contributed by atoms with Crippen molar-refractivity contribution in [3.05, 3.63) is 46.8 Å². The highest BCUT2D eigenvalue weighted by molar-refractivity contribution is 7.09. The van der Waals surface area contributed by atoms with Gasteiger partial charge in [0.15, 0.2) is 0 Å². The molecular weight excluding hydrogens is 254 g/mol. The molecular formula is C16H15NOS. The second kappa shape index (κ2) is 5.02. The van der Waals surface area contributed by atoms with Gasteiger partial charge in [0.2, 0.25) is 0 Å². The number of fused-ring (bicyclic) bond motifs is 1. The summed E-state index contributed by atoms with van der Waals surface area (Å²) in [4.78, 5) is 4.53. The third-order valence-electron chi connectivity index (χ3n) is 3.04. The first kappa shape index (κ1) is 12.2. The molecule has 3 rings (SSSR count). The molecule has 0 fully saturated rings. The maximum atomic E-state index is 5.52. The first-order valence-corrected chi connectivity index (χ1v) is 7.23. The third kappa shape index (κ3) is 2.47. The van der Waals surface area contributed by atoms with Crippen molar-refractivity contribution in [2.45, 2.75) is 13.8 Å². The molecule has 0 spiro atoms. The molecule has 0 aliphatic rings. The molecule has 96 valence electrons. The maximum absolute atomic E-state index is 5.52. The largest absolute Gasteiger partial charge is 0.494 e. The number of nitrogens with zero attached hydrogens (tertiary/aromatic N) is 1. The van der Waals surface area contributed by atoms with Crippen LogP contribution in [0.2, 0.25) is 0 Å². The molecule has 0 saturated carbocycles. The lowest BCUT2D eigenvalue weighted by atomic mass is 10.1. The summed E-state index contributed by atoms with van der Waals surface area (Å²) in [5.41, 5.74) is 2.22. The van der Waals surface area contributed by atoms with E-state index in [2.05, 4.69) is 40.7 Å². The van der Waals surface area contributed by atoms with Crippen LogP contribution in [-0.4, -0.2) is 11.6 Å². The highest BCUT2D eigenvalue weighted by atomic mass is 32.1. The predicted octanol–water partition coefficient (Wildman–Crippen LogP) is 4.67. The molecule has 0 radical (unpaired) electrons. The zero-order chi connectivity index (χ0) is 13.2. The number of rotatable bonds is 3. The summed E-state index contributed by atoms with van der Waals surface area (Å²) in [5, 5.41) is 5.61. The van der Waals surface area contributed by atoms with Crippen LogP contribution in [0.5, 0.6) is 5.75 Å². The van der Waals surface area contributed by atoms with Crippen LogP contribution < -0.4 is 4.74 Å². The zero-order valence-electron chi connectivity index (χ0n) is 11.0. The number of hydrogen-bond donors (Lipinski definition) is 0. The fourth-order valence-corrected chi connectivity index (χ4v) is 2.76. The first-order valence-electron chi connectivity index (χ1n) is 6.35. The lowest BCUT2D eigenvalue weighted by Crippen LogP contribution is -1.90. The van der Waals surface area contributed by atoms with E-state index in [4.69, 9.17) is 4.74 Å². The van der Waals surface area contributed by atoms with Crippen LogP contribution in [0.3, 0.4) is 0 Å². The summed E-state index contributed by atoms with van der Waals surface area (Å²) in [6, 6.07) is 12.6. The topological polar surface area (TPSA) is 22.1 Å². The summed E-state index contributed by atoms with van der Waals surface area (Å²) in [5.74, 6) is 0.923. The highest BCUT2D eigenvalue weighted by Crippen LogP contribution is 2.27. The molecule has 19 heavy (non-hydrogen) atoms. The summed E-state index contributed by atoms with van der Waals surface area (Å²) in [6.07, 6.45) is 0. The molecule has 2 aromatic carbocycles. The first-order chi connectivity index (χ1) is 9.26. The number of aryl methyl sites for hydroxylation is 1. The standard InChI is InChI=1S/C16H15NOS/c1-3-18-15-7-6-12-8-14(5-4-13(12)9-15)16-10-19-11(2)17-16/h4-10H,3H2,1-2H3. The molecule has 0 aliphatic carbocycles. The van der Waals surface area contributed by atoms with Crippen LogP contribution in [0.1, 0.15) is 11.9 Å². The van der Waals surface area contributed by atoms with Gasteiger partial charge in [-0.05, 0) is 42.8 Å². The van der Waals surface area contributed by atoms with Crippen molar-refractivity contribution in [1.29, 1.82) is 0 Å². The van der Waals surface area contributed by atoms with Crippen LogP contribution in [0.25, 0.3) is 22.0 Å². The van der Waals surface area contributed by atoms with Gasteiger partial charge in [-0.15, -0.1) is 11.3 Å². The summed E-state index contributed by atoms with van der Waals surface area (Å²) in [6.45, 7) is 4.73. The van der Waals surface area contributed by atoms with Gasteiger partial charge in [0.1, 0.15) is 5.75 Å². The van der Waals surface area contributed by atoms with E-state index >= 15 is 0 Å². The Morgan fingerprint density at radius 1 is 1.11 bits per heavy atom. The monoisotopic (exact) mass is 269 g/mol. The summed E-state index contributed by atoms with van der Waals surface area (Å²) < 4.78 is 5.52. The predicted molar refractivity (Wildman–Crippen MR) is 81.0 cm³/mol. The molecule has 0 aliphatic heterocycles. The Bertz CT molecular complexity index is 718. The van der Waals surface area contributed by atoms with Gasteiger partial charge in [0.25, 0.3) is 0 Å². The average Bonchev–Trinajstić information content (AvgIpc) is 2.85. The van der Waals surface area contributed by atoms with Gasteiger partial charge in [-0.3, -0.25) is 0 Å². The molecule has 0 amide bonds. The molecule has 3 heteroatoms. The molecule has 0 atom stereocenters. The van der Waals surface area contributed by atoms with E-state index < -0.39 is 0 Å². The minimum Gasteiger partial charge on any atom is -0.494 e. The second-order valence-corrected chi connectivity index (χ2v) is 5.47. The maximum Gasteiger partial charge on any atom is 0.119 e. The minimum atomic E-state index is 0.696. The van der Waals surface area contributed by atoms with Gasteiger partial charge in [-0.25, -0.2) is 4.98 Å². The third-order valence-corrected chi connectivity index (χ3v) is 3.81. The molecule has 3 aromatic rings. The number of benzene rings is 2. The normalized spacial score (nSPS) is 10.8. The molecule has 1 aromatic heterocycles. The Morgan fingerprint density at radius 2 is 1.89 bits per heavy atom. The Morgan fingerprint density at radius 3 is 2.63 bits per heavy atom.